The van der Waals surface area contributed by atoms with E-state index in [1.165, 1.54) is 23.0 Å². The summed E-state index contributed by atoms with van der Waals surface area (Å²) in [7, 11) is 0. The van der Waals surface area contributed by atoms with Gasteiger partial charge in [-0.2, -0.15) is 14.9 Å². The van der Waals surface area contributed by atoms with Crippen molar-refractivity contribution in [2.45, 2.75) is 6.92 Å². The molecule has 3 aromatic rings. The highest BCUT2D eigenvalue weighted by Gasteiger charge is 2.09. The monoisotopic (exact) mass is 355 g/mol. The number of allylic oxidation sites excluding steroid dienone is 1. The van der Waals surface area contributed by atoms with E-state index in [-0.39, 0.29) is 5.88 Å². The fourth-order valence-corrected chi connectivity index (χ4v) is 2.24. The molecule has 25 heavy (non-hydrogen) atoms. The second kappa shape index (κ2) is 7.05. The first-order chi connectivity index (χ1) is 12.0. The Balaban J connectivity index is 1.80. The zero-order chi connectivity index (χ0) is 17.8. The Labute approximate surface area is 147 Å². The van der Waals surface area contributed by atoms with Crippen molar-refractivity contribution in [3.05, 3.63) is 68.7 Å². The van der Waals surface area contributed by atoms with Crippen molar-refractivity contribution in [1.29, 1.82) is 0 Å². The average Bonchev–Trinajstić information content (AvgIpc) is 3.20. The molecule has 1 N–H and O–H groups in total. The maximum atomic E-state index is 10.6. The Hall–Kier alpha value is -3.33. The van der Waals surface area contributed by atoms with Crippen molar-refractivity contribution in [2.24, 2.45) is 5.10 Å². The molecule has 0 saturated carbocycles. The van der Waals surface area contributed by atoms with Gasteiger partial charge >= 0.3 is 5.88 Å². The second-order valence-corrected chi connectivity index (χ2v) is 5.47. The number of benzene rings is 1. The van der Waals surface area contributed by atoms with E-state index in [2.05, 4.69) is 15.3 Å². The van der Waals surface area contributed by atoms with Crippen molar-refractivity contribution < 1.29 is 9.34 Å². The predicted octanol–water partition coefficient (Wildman–Crippen LogP) is 3.96. The summed E-state index contributed by atoms with van der Waals surface area (Å²) in [6, 6.07) is 10.6. The van der Waals surface area contributed by atoms with Gasteiger partial charge in [-0.1, -0.05) is 29.8 Å². The third-order valence-corrected chi connectivity index (χ3v) is 3.55. The van der Waals surface area contributed by atoms with Crippen molar-refractivity contribution >= 4 is 30.4 Å². The lowest BCUT2D eigenvalue weighted by atomic mass is 10.1. The Kier molecular flexibility index (Phi) is 4.66. The van der Waals surface area contributed by atoms with E-state index in [4.69, 9.17) is 16.6 Å². The molecule has 0 aliphatic rings. The van der Waals surface area contributed by atoms with E-state index in [9.17, 15) is 10.1 Å². The zero-order valence-electron chi connectivity index (χ0n) is 13.1. The van der Waals surface area contributed by atoms with Crippen molar-refractivity contribution in [3.63, 3.8) is 0 Å². The predicted molar refractivity (Wildman–Crippen MR) is 95.9 cm³/mol. The van der Waals surface area contributed by atoms with Crippen molar-refractivity contribution in [1.82, 2.24) is 14.9 Å². The van der Waals surface area contributed by atoms with E-state index < -0.39 is 4.92 Å². The van der Waals surface area contributed by atoms with Crippen LogP contribution in [0.3, 0.4) is 0 Å². The van der Waals surface area contributed by atoms with E-state index in [1.807, 2.05) is 31.2 Å². The second-order valence-electron chi connectivity index (χ2n) is 5.09. The Morgan fingerprint density at radius 3 is 2.76 bits per heavy atom. The number of nitrogens with one attached hydrogen (secondary N) is 1. The van der Waals surface area contributed by atoms with E-state index >= 15 is 0 Å². The Morgan fingerprint density at radius 2 is 2.08 bits per heavy atom. The Morgan fingerprint density at radius 1 is 1.32 bits per heavy atom. The van der Waals surface area contributed by atoms with Gasteiger partial charge in [-0.25, -0.2) is 5.10 Å². The standard InChI is InChI=1S/C16H13N5O3S/c1-11-4-6-12(7-5-11)15-18-19-16(25)20(15)17-10-2-3-13-8-9-14(24-13)21(22)23/h2-10H,1H3,(H,19,25). The lowest BCUT2D eigenvalue weighted by Gasteiger charge is -2.00. The lowest BCUT2D eigenvalue weighted by Crippen LogP contribution is -1.93. The smallest absolute Gasteiger partial charge is 0.401 e. The molecule has 0 atom stereocenters. The summed E-state index contributed by atoms with van der Waals surface area (Å²) in [6.45, 7) is 2.00. The number of nitro groups is 1. The van der Waals surface area contributed by atoms with Gasteiger partial charge in [-0.3, -0.25) is 10.1 Å². The van der Waals surface area contributed by atoms with Crippen LogP contribution in [0.4, 0.5) is 5.88 Å². The molecule has 0 amide bonds. The molecule has 0 radical (unpaired) electrons. The third-order valence-electron chi connectivity index (χ3n) is 3.28. The van der Waals surface area contributed by atoms with Crippen LogP contribution in [-0.4, -0.2) is 26.0 Å². The molecule has 2 heterocycles. The number of nitrogens with zero attached hydrogens (tertiary/aromatic N) is 4. The van der Waals surface area contributed by atoms with Crippen molar-refractivity contribution in [2.75, 3.05) is 0 Å². The van der Waals surface area contributed by atoms with Crippen LogP contribution in [-0.2, 0) is 0 Å². The molecule has 0 bridgehead atoms. The normalized spacial score (nSPS) is 11.6. The molecule has 1 aromatic carbocycles. The van der Waals surface area contributed by atoms with Crippen LogP contribution in [0, 0.1) is 21.8 Å². The van der Waals surface area contributed by atoms with Gasteiger partial charge in [0.1, 0.15) is 10.7 Å². The molecule has 9 heteroatoms. The summed E-state index contributed by atoms with van der Waals surface area (Å²) in [5.74, 6) is 0.631. The van der Waals surface area contributed by atoms with Gasteiger partial charge < -0.3 is 4.42 Å². The molecule has 2 aromatic heterocycles. The highest BCUT2D eigenvalue weighted by atomic mass is 32.1. The largest absolute Gasteiger partial charge is 0.433 e. The summed E-state index contributed by atoms with van der Waals surface area (Å²) in [4.78, 5) is 9.97. The minimum Gasteiger partial charge on any atom is -0.401 e. The van der Waals surface area contributed by atoms with Crippen LogP contribution >= 0.6 is 12.2 Å². The van der Waals surface area contributed by atoms with Gasteiger partial charge in [0.25, 0.3) is 0 Å². The fourth-order valence-electron chi connectivity index (χ4n) is 2.06. The molecule has 126 valence electrons. The average molecular weight is 355 g/mol. The number of furan rings is 1. The molecular weight excluding hydrogens is 342 g/mol. The third kappa shape index (κ3) is 3.78. The number of aromatic amines is 1. The maximum Gasteiger partial charge on any atom is 0.433 e. The minimum atomic E-state index is -0.593. The summed E-state index contributed by atoms with van der Waals surface area (Å²) in [5, 5.41) is 21.7. The zero-order valence-corrected chi connectivity index (χ0v) is 13.9. The van der Waals surface area contributed by atoms with Crippen LogP contribution in [0.1, 0.15) is 11.3 Å². The van der Waals surface area contributed by atoms with Gasteiger partial charge in [-0.15, -0.1) is 0 Å². The molecule has 0 fully saturated rings. The minimum absolute atomic E-state index is 0.310. The van der Waals surface area contributed by atoms with E-state index in [0.717, 1.165) is 11.1 Å². The summed E-state index contributed by atoms with van der Waals surface area (Å²) < 4.78 is 6.87. The maximum absolute atomic E-state index is 10.6. The molecule has 0 saturated heterocycles. The number of aromatic nitrogens is 3. The highest BCUT2D eigenvalue weighted by molar-refractivity contribution is 7.71. The number of aryl methyl sites for hydroxylation is 1. The number of H-pyrrole nitrogens is 1. The molecule has 0 unspecified atom stereocenters. The first kappa shape index (κ1) is 16.5. The van der Waals surface area contributed by atoms with Crippen LogP contribution in [0.25, 0.3) is 17.5 Å². The number of hydrogen-bond donors (Lipinski definition) is 1. The van der Waals surface area contributed by atoms with Crippen LogP contribution < -0.4 is 0 Å². The molecule has 0 aliphatic carbocycles. The highest BCUT2D eigenvalue weighted by Crippen LogP contribution is 2.18. The molecular formula is C16H13N5O3S. The van der Waals surface area contributed by atoms with Gasteiger partial charge in [0.2, 0.25) is 4.77 Å². The van der Waals surface area contributed by atoms with Crippen LogP contribution in [0.2, 0.25) is 0 Å². The van der Waals surface area contributed by atoms with Crippen molar-refractivity contribution in [3.8, 4) is 11.4 Å². The summed E-state index contributed by atoms with van der Waals surface area (Å²) in [5.41, 5.74) is 2.02. The summed E-state index contributed by atoms with van der Waals surface area (Å²) in [6.07, 6.45) is 4.65. The SMILES string of the molecule is Cc1ccc(-c2n[nH]c(=S)n2N=CC=Cc2ccc([N+](=O)[O-])o2)cc1. The molecule has 3 rings (SSSR count). The van der Waals surface area contributed by atoms with Crippen LogP contribution in [0.15, 0.2) is 52.0 Å². The number of rotatable bonds is 5. The van der Waals surface area contributed by atoms with Gasteiger partial charge in [0.05, 0.1) is 6.07 Å². The van der Waals surface area contributed by atoms with E-state index in [1.54, 1.807) is 12.2 Å². The molecule has 0 spiro atoms. The lowest BCUT2D eigenvalue weighted by molar-refractivity contribution is -0.402. The van der Waals surface area contributed by atoms with Gasteiger partial charge in [0.15, 0.2) is 5.82 Å². The van der Waals surface area contributed by atoms with Gasteiger partial charge in [0, 0.05) is 11.8 Å². The van der Waals surface area contributed by atoms with Crippen LogP contribution in [0.5, 0.6) is 0 Å². The quantitative estimate of drug-likeness (QED) is 0.323. The topological polar surface area (TPSA) is 102 Å². The first-order valence-corrected chi connectivity index (χ1v) is 7.65. The summed E-state index contributed by atoms with van der Waals surface area (Å²) >= 11 is 5.19. The number of hydrogen-bond acceptors (Lipinski definition) is 6. The first-order valence-electron chi connectivity index (χ1n) is 7.24. The Bertz CT molecular complexity index is 1010. The van der Waals surface area contributed by atoms with E-state index in [0.29, 0.717) is 16.4 Å². The molecule has 8 nitrogen and oxygen atoms in total. The molecule has 0 aliphatic heterocycles. The van der Waals surface area contributed by atoms with Gasteiger partial charge in [-0.05, 0) is 37.4 Å². The fraction of sp³-hybridized carbons (Fsp3) is 0.0625.